The van der Waals surface area contributed by atoms with E-state index in [1.807, 2.05) is 54.6 Å². The molecule has 0 radical (unpaired) electrons. The van der Waals surface area contributed by atoms with Crippen molar-refractivity contribution < 1.29 is 14.7 Å². The molecule has 2 aromatic carbocycles. The van der Waals surface area contributed by atoms with Crippen LogP contribution in [-0.2, 0) is 16.0 Å². The van der Waals surface area contributed by atoms with E-state index in [0.717, 1.165) is 27.2 Å². The van der Waals surface area contributed by atoms with Crippen molar-refractivity contribution in [1.29, 1.82) is 0 Å². The Morgan fingerprint density at radius 2 is 1.81 bits per heavy atom. The standard InChI is InChI=1S/C20H20N2O3S/c23-18(21-16(13-20(24)25)14-7-2-1-3-8-14)11-6-12-19-22-15-9-4-5-10-17(15)26-19/h1-5,7-10,16H,6,11-13H2,(H,21,23)(H,24,25). The van der Waals surface area contributed by atoms with Gasteiger partial charge in [0.15, 0.2) is 0 Å². The maximum Gasteiger partial charge on any atom is 0.305 e. The van der Waals surface area contributed by atoms with Crippen LogP contribution >= 0.6 is 11.3 Å². The maximum absolute atomic E-state index is 12.2. The molecule has 5 nitrogen and oxygen atoms in total. The van der Waals surface area contributed by atoms with Crippen molar-refractivity contribution in [2.24, 2.45) is 0 Å². The van der Waals surface area contributed by atoms with Gasteiger partial charge in [0.2, 0.25) is 5.91 Å². The Balaban J connectivity index is 1.54. The molecular formula is C20H20N2O3S. The molecule has 1 aromatic heterocycles. The topological polar surface area (TPSA) is 79.3 Å². The molecule has 0 fully saturated rings. The number of para-hydroxylation sites is 1. The summed E-state index contributed by atoms with van der Waals surface area (Å²) in [7, 11) is 0. The van der Waals surface area contributed by atoms with Gasteiger partial charge >= 0.3 is 5.97 Å². The molecule has 3 aromatic rings. The highest BCUT2D eigenvalue weighted by atomic mass is 32.1. The van der Waals surface area contributed by atoms with E-state index in [4.69, 9.17) is 5.11 Å². The van der Waals surface area contributed by atoms with E-state index in [0.29, 0.717) is 12.8 Å². The van der Waals surface area contributed by atoms with Gasteiger partial charge in [0.25, 0.3) is 0 Å². The number of nitrogens with zero attached hydrogens (tertiary/aromatic N) is 1. The number of fused-ring (bicyclic) bond motifs is 1. The number of amides is 1. The normalized spacial score (nSPS) is 12.0. The number of hydrogen-bond donors (Lipinski definition) is 2. The number of aliphatic carboxylic acids is 1. The number of aromatic nitrogens is 1. The second kappa shape index (κ2) is 8.58. The second-order valence-corrected chi connectivity index (χ2v) is 7.17. The van der Waals surface area contributed by atoms with Crippen molar-refractivity contribution in [3.05, 3.63) is 65.2 Å². The van der Waals surface area contributed by atoms with Gasteiger partial charge in [-0.15, -0.1) is 11.3 Å². The third kappa shape index (κ3) is 4.89. The van der Waals surface area contributed by atoms with Crippen LogP contribution in [0, 0.1) is 0 Å². The van der Waals surface area contributed by atoms with Crippen LogP contribution in [-0.4, -0.2) is 22.0 Å². The number of carboxylic acids is 1. The summed E-state index contributed by atoms with van der Waals surface area (Å²) in [6.07, 6.45) is 1.63. The van der Waals surface area contributed by atoms with Crippen LogP contribution in [0.2, 0.25) is 0 Å². The number of carbonyl (C=O) groups is 2. The SMILES string of the molecule is O=C(O)CC(NC(=O)CCCc1nc2ccccc2s1)c1ccccc1. The van der Waals surface area contributed by atoms with E-state index in [2.05, 4.69) is 10.3 Å². The number of benzene rings is 2. The van der Waals surface area contributed by atoms with E-state index in [1.54, 1.807) is 11.3 Å². The fraction of sp³-hybridized carbons (Fsp3) is 0.250. The third-order valence-corrected chi connectivity index (χ3v) is 5.14. The molecule has 134 valence electrons. The monoisotopic (exact) mass is 368 g/mol. The summed E-state index contributed by atoms with van der Waals surface area (Å²) in [5.41, 5.74) is 1.79. The summed E-state index contributed by atoms with van der Waals surface area (Å²) in [4.78, 5) is 27.9. The summed E-state index contributed by atoms with van der Waals surface area (Å²) in [5, 5.41) is 13.0. The van der Waals surface area contributed by atoms with Crippen LogP contribution in [0.15, 0.2) is 54.6 Å². The summed E-state index contributed by atoms with van der Waals surface area (Å²) in [5.74, 6) is -1.07. The molecule has 26 heavy (non-hydrogen) atoms. The highest BCUT2D eigenvalue weighted by Crippen LogP contribution is 2.23. The van der Waals surface area contributed by atoms with E-state index in [9.17, 15) is 9.59 Å². The molecule has 0 saturated carbocycles. The highest BCUT2D eigenvalue weighted by Gasteiger charge is 2.17. The molecule has 6 heteroatoms. The quantitative estimate of drug-likeness (QED) is 0.631. The molecule has 2 N–H and O–H groups in total. The minimum absolute atomic E-state index is 0.131. The summed E-state index contributed by atoms with van der Waals surface area (Å²) >= 11 is 1.65. The van der Waals surface area contributed by atoms with Gasteiger partial charge in [-0.25, -0.2) is 4.98 Å². The highest BCUT2D eigenvalue weighted by molar-refractivity contribution is 7.18. The Bertz CT molecular complexity index is 859. The number of hydrogen-bond acceptors (Lipinski definition) is 4. The van der Waals surface area contributed by atoms with Gasteiger partial charge < -0.3 is 10.4 Å². The van der Waals surface area contributed by atoms with Gasteiger partial charge in [0.05, 0.1) is 27.7 Å². The average molecular weight is 368 g/mol. The first-order chi connectivity index (χ1) is 12.6. The van der Waals surface area contributed by atoms with E-state index < -0.39 is 12.0 Å². The van der Waals surface area contributed by atoms with Crippen molar-refractivity contribution >= 4 is 33.4 Å². The number of nitrogens with one attached hydrogen (secondary N) is 1. The molecule has 1 amide bonds. The van der Waals surface area contributed by atoms with Gasteiger partial charge in [-0.3, -0.25) is 9.59 Å². The fourth-order valence-corrected chi connectivity index (χ4v) is 3.81. The van der Waals surface area contributed by atoms with Gasteiger partial charge in [-0.05, 0) is 30.5 Å². The molecular weight excluding hydrogens is 348 g/mol. The van der Waals surface area contributed by atoms with Crippen LogP contribution < -0.4 is 5.32 Å². The summed E-state index contributed by atoms with van der Waals surface area (Å²) < 4.78 is 1.15. The largest absolute Gasteiger partial charge is 0.481 e. The van der Waals surface area contributed by atoms with Crippen LogP contribution in [0.25, 0.3) is 10.2 Å². The lowest BCUT2D eigenvalue weighted by Crippen LogP contribution is -2.30. The molecule has 0 spiro atoms. The van der Waals surface area contributed by atoms with E-state index in [1.165, 1.54) is 0 Å². The molecule has 1 unspecified atom stereocenters. The molecule has 1 heterocycles. The zero-order valence-electron chi connectivity index (χ0n) is 14.2. The molecule has 0 saturated heterocycles. The Morgan fingerprint density at radius 3 is 2.54 bits per heavy atom. The minimum Gasteiger partial charge on any atom is -0.481 e. The molecule has 0 aliphatic carbocycles. The van der Waals surface area contributed by atoms with Crippen molar-refractivity contribution in [3.63, 3.8) is 0 Å². The molecule has 3 rings (SSSR count). The van der Waals surface area contributed by atoms with Crippen molar-refractivity contribution in [2.45, 2.75) is 31.7 Å². The first-order valence-corrected chi connectivity index (χ1v) is 9.34. The lowest BCUT2D eigenvalue weighted by molar-refractivity contribution is -0.137. The first kappa shape index (κ1) is 18.1. The predicted octanol–water partition coefficient (Wildman–Crippen LogP) is 3.95. The minimum atomic E-state index is -0.936. The first-order valence-electron chi connectivity index (χ1n) is 8.52. The van der Waals surface area contributed by atoms with Gasteiger partial charge in [-0.2, -0.15) is 0 Å². The number of aryl methyl sites for hydroxylation is 1. The zero-order chi connectivity index (χ0) is 18.4. The number of thiazole rings is 1. The number of carbonyl (C=O) groups excluding carboxylic acids is 1. The zero-order valence-corrected chi connectivity index (χ0v) is 15.0. The van der Waals surface area contributed by atoms with Gasteiger partial charge in [0.1, 0.15) is 0 Å². The maximum atomic E-state index is 12.2. The van der Waals surface area contributed by atoms with Gasteiger partial charge in [-0.1, -0.05) is 42.5 Å². The fourth-order valence-electron chi connectivity index (χ4n) is 2.81. The lowest BCUT2D eigenvalue weighted by Gasteiger charge is -2.17. The Hall–Kier alpha value is -2.73. The second-order valence-electron chi connectivity index (χ2n) is 6.06. The predicted molar refractivity (Wildman–Crippen MR) is 102 cm³/mol. The molecule has 0 bridgehead atoms. The van der Waals surface area contributed by atoms with Crippen LogP contribution in [0.5, 0.6) is 0 Å². The van der Waals surface area contributed by atoms with E-state index >= 15 is 0 Å². The molecule has 0 aliphatic rings. The van der Waals surface area contributed by atoms with Crippen molar-refractivity contribution in [2.75, 3.05) is 0 Å². The van der Waals surface area contributed by atoms with Crippen LogP contribution in [0.1, 0.15) is 35.9 Å². The Labute approximate surface area is 155 Å². The van der Waals surface area contributed by atoms with Crippen LogP contribution in [0.4, 0.5) is 0 Å². The van der Waals surface area contributed by atoms with Crippen LogP contribution in [0.3, 0.4) is 0 Å². The van der Waals surface area contributed by atoms with Crippen molar-refractivity contribution in [3.8, 4) is 0 Å². The summed E-state index contributed by atoms with van der Waals surface area (Å²) in [6.45, 7) is 0. The lowest BCUT2D eigenvalue weighted by atomic mass is 10.0. The number of carboxylic acid groups (broad SMARTS) is 1. The molecule has 0 aliphatic heterocycles. The number of rotatable bonds is 8. The summed E-state index contributed by atoms with van der Waals surface area (Å²) in [6, 6.07) is 16.7. The third-order valence-electron chi connectivity index (χ3n) is 4.05. The van der Waals surface area contributed by atoms with Gasteiger partial charge in [0, 0.05) is 6.42 Å². The Kier molecular flexibility index (Phi) is 5.96. The smallest absolute Gasteiger partial charge is 0.305 e. The van der Waals surface area contributed by atoms with E-state index in [-0.39, 0.29) is 12.3 Å². The van der Waals surface area contributed by atoms with Crippen molar-refractivity contribution in [1.82, 2.24) is 10.3 Å². The average Bonchev–Trinajstić information content (AvgIpc) is 3.04. The Morgan fingerprint density at radius 1 is 1.08 bits per heavy atom. The molecule has 1 atom stereocenters.